The van der Waals surface area contributed by atoms with Gasteiger partial charge in [0.15, 0.2) is 0 Å². The molecule has 6 heteroatoms. The second-order valence-corrected chi connectivity index (χ2v) is 8.04. The molecule has 3 aromatic carbocycles. The molecule has 31 heavy (non-hydrogen) atoms. The van der Waals surface area contributed by atoms with Crippen molar-refractivity contribution < 1.29 is 19.7 Å². The maximum atomic E-state index is 9.28. The molecule has 0 bridgehead atoms. The molecular weight excluding hydrogens is 414 g/mol. The van der Waals surface area contributed by atoms with Crippen LogP contribution in [0, 0.1) is 0 Å². The van der Waals surface area contributed by atoms with Crippen LogP contribution in [0.3, 0.4) is 0 Å². The zero-order chi connectivity index (χ0) is 22.1. The highest BCUT2D eigenvalue weighted by Gasteiger charge is 2.22. The predicted molar refractivity (Wildman–Crippen MR) is 123 cm³/mol. The van der Waals surface area contributed by atoms with Crippen molar-refractivity contribution in [3.63, 3.8) is 0 Å². The molecule has 0 atom stereocenters. The number of halogens is 1. The summed E-state index contributed by atoms with van der Waals surface area (Å²) in [5.74, 6) is 2.10. The number of aliphatic hydroxyl groups is 2. The van der Waals surface area contributed by atoms with Crippen molar-refractivity contribution >= 4 is 11.6 Å². The average Bonchev–Trinajstić information content (AvgIpc) is 2.80. The topological polar surface area (TPSA) is 84.9 Å². The fraction of sp³-hybridized carbons (Fsp3) is 0.280. The molecule has 4 N–H and O–H groups in total. The minimum atomic E-state index is -0.952. The Morgan fingerprint density at radius 3 is 2.13 bits per heavy atom. The zero-order valence-corrected chi connectivity index (χ0v) is 18.1. The third kappa shape index (κ3) is 6.97. The normalized spacial score (nSPS) is 11.4. The van der Waals surface area contributed by atoms with Gasteiger partial charge in [-0.2, -0.15) is 0 Å². The number of rotatable bonds is 11. The van der Waals surface area contributed by atoms with Crippen LogP contribution in [0.1, 0.15) is 24.0 Å². The Balaban J connectivity index is 1.52. The molecule has 0 aliphatic heterocycles. The van der Waals surface area contributed by atoms with E-state index in [0.29, 0.717) is 42.4 Å². The van der Waals surface area contributed by atoms with E-state index in [9.17, 15) is 10.2 Å². The Hall–Kier alpha value is -2.57. The SMILES string of the molecule is NC(CO)(CO)CCCc1ccc(Oc2ccc(OCc3ccccc3)cc2)cc1Cl. The Morgan fingerprint density at radius 1 is 0.839 bits per heavy atom. The first-order valence-corrected chi connectivity index (χ1v) is 10.6. The second-order valence-electron chi connectivity index (χ2n) is 7.63. The summed E-state index contributed by atoms with van der Waals surface area (Å²) in [6.07, 6.45) is 1.92. The maximum absolute atomic E-state index is 9.28. The molecule has 0 aliphatic carbocycles. The van der Waals surface area contributed by atoms with Gasteiger partial charge < -0.3 is 25.4 Å². The van der Waals surface area contributed by atoms with Gasteiger partial charge in [0.25, 0.3) is 0 Å². The van der Waals surface area contributed by atoms with Crippen LogP contribution in [-0.2, 0) is 13.0 Å². The van der Waals surface area contributed by atoms with E-state index in [2.05, 4.69) is 0 Å². The van der Waals surface area contributed by atoms with E-state index in [1.807, 2.05) is 66.7 Å². The smallest absolute Gasteiger partial charge is 0.128 e. The fourth-order valence-corrected chi connectivity index (χ4v) is 3.38. The number of aliphatic hydroxyl groups excluding tert-OH is 2. The van der Waals surface area contributed by atoms with E-state index in [0.717, 1.165) is 16.9 Å². The lowest BCUT2D eigenvalue weighted by molar-refractivity contribution is 0.113. The monoisotopic (exact) mass is 441 g/mol. The lowest BCUT2D eigenvalue weighted by atomic mass is 9.94. The van der Waals surface area contributed by atoms with E-state index < -0.39 is 5.54 Å². The molecule has 0 saturated heterocycles. The predicted octanol–water partition coefficient (Wildman–Crippen LogP) is 4.72. The van der Waals surface area contributed by atoms with Gasteiger partial charge in [-0.15, -0.1) is 0 Å². The molecule has 0 fully saturated rings. The van der Waals surface area contributed by atoms with Crippen LogP contribution in [0.2, 0.25) is 5.02 Å². The molecule has 3 aromatic rings. The Kier molecular flexibility index (Phi) is 8.32. The maximum Gasteiger partial charge on any atom is 0.128 e. The quantitative estimate of drug-likeness (QED) is 0.401. The molecule has 3 rings (SSSR count). The van der Waals surface area contributed by atoms with Crippen molar-refractivity contribution in [1.29, 1.82) is 0 Å². The van der Waals surface area contributed by atoms with Gasteiger partial charge in [-0.25, -0.2) is 0 Å². The largest absolute Gasteiger partial charge is 0.489 e. The minimum absolute atomic E-state index is 0.250. The lowest BCUT2D eigenvalue weighted by Gasteiger charge is -2.24. The Labute approximate surface area is 188 Å². The van der Waals surface area contributed by atoms with Gasteiger partial charge in [0, 0.05) is 5.02 Å². The van der Waals surface area contributed by atoms with Gasteiger partial charge in [-0.05, 0) is 66.8 Å². The van der Waals surface area contributed by atoms with E-state index in [1.165, 1.54) is 0 Å². The first-order chi connectivity index (χ1) is 15.0. The molecule has 0 aromatic heterocycles. The zero-order valence-electron chi connectivity index (χ0n) is 17.3. The van der Waals surface area contributed by atoms with Gasteiger partial charge >= 0.3 is 0 Å². The van der Waals surface area contributed by atoms with Gasteiger partial charge in [0.1, 0.15) is 23.9 Å². The van der Waals surface area contributed by atoms with Gasteiger partial charge in [-0.1, -0.05) is 48.0 Å². The van der Waals surface area contributed by atoms with E-state index in [-0.39, 0.29) is 13.2 Å². The summed E-state index contributed by atoms with van der Waals surface area (Å²) >= 11 is 6.41. The number of nitrogens with two attached hydrogens (primary N) is 1. The van der Waals surface area contributed by atoms with Crippen LogP contribution < -0.4 is 15.2 Å². The van der Waals surface area contributed by atoms with Crippen molar-refractivity contribution in [3.05, 3.63) is 88.9 Å². The van der Waals surface area contributed by atoms with Crippen molar-refractivity contribution in [1.82, 2.24) is 0 Å². The van der Waals surface area contributed by atoms with Crippen LogP contribution in [0.15, 0.2) is 72.8 Å². The summed E-state index contributed by atoms with van der Waals surface area (Å²) in [5.41, 5.74) is 7.04. The molecule has 5 nitrogen and oxygen atoms in total. The van der Waals surface area contributed by atoms with Crippen LogP contribution in [0.5, 0.6) is 17.2 Å². The fourth-order valence-electron chi connectivity index (χ4n) is 3.11. The standard InChI is InChI=1S/C25H28ClNO4/c26-24-15-23(9-8-20(24)7-4-14-25(27,17-28)18-29)31-22-12-10-21(11-13-22)30-16-19-5-2-1-3-6-19/h1-3,5-6,8-13,15,28-29H,4,7,14,16-18,27H2. The molecule has 0 amide bonds. The first kappa shape index (κ1) is 23.1. The molecule has 0 spiro atoms. The van der Waals surface area contributed by atoms with E-state index >= 15 is 0 Å². The molecule has 0 heterocycles. The molecule has 0 unspecified atom stereocenters. The lowest BCUT2D eigenvalue weighted by Crippen LogP contribution is -2.47. The van der Waals surface area contributed by atoms with Gasteiger partial charge in [0.05, 0.1) is 18.8 Å². The Morgan fingerprint density at radius 2 is 1.48 bits per heavy atom. The third-order valence-corrected chi connectivity index (χ3v) is 5.43. The highest BCUT2D eigenvalue weighted by Crippen LogP contribution is 2.29. The number of ether oxygens (including phenoxy) is 2. The van der Waals surface area contributed by atoms with Crippen LogP contribution >= 0.6 is 11.6 Å². The first-order valence-electron chi connectivity index (χ1n) is 10.2. The second kappa shape index (κ2) is 11.2. The average molecular weight is 442 g/mol. The van der Waals surface area contributed by atoms with Gasteiger partial charge in [-0.3, -0.25) is 0 Å². The summed E-state index contributed by atoms with van der Waals surface area (Å²) < 4.78 is 11.7. The minimum Gasteiger partial charge on any atom is -0.489 e. The van der Waals surface area contributed by atoms with Gasteiger partial charge in [0.2, 0.25) is 0 Å². The summed E-state index contributed by atoms with van der Waals surface area (Å²) in [5, 5.41) is 19.2. The highest BCUT2D eigenvalue weighted by molar-refractivity contribution is 6.31. The number of hydrogen-bond donors (Lipinski definition) is 3. The molecule has 0 radical (unpaired) electrons. The number of hydrogen-bond acceptors (Lipinski definition) is 5. The number of benzene rings is 3. The van der Waals surface area contributed by atoms with Crippen LogP contribution in [0.25, 0.3) is 0 Å². The molecule has 164 valence electrons. The molecule has 0 saturated carbocycles. The summed E-state index contributed by atoms with van der Waals surface area (Å²) in [6, 6.07) is 23.0. The van der Waals surface area contributed by atoms with E-state index in [4.69, 9.17) is 26.8 Å². The summed E-state index contributed by atoms with van der Waals surface area (Å²) in [6.45, 7) is 0.0141. The van der Waals surface area contributed by atoms with Crippen LogP contribution in [0.4, 0.5) is 0 Å². The van der Waals surface area contributed by atoms with Crippen molar-refractivity contribution in [2.75, 3.05) is 13.2 Å². The van der Waals surface area contributed by atoms with Crippen molar-refractivity contribution in [2.45, 2.75) is 31.4 Å². The van der Waals surface area contributed by atoms with Crippen LogP contribution in [-0.4, -0.2) is 29.0 Å². The third-order valence-electron chi connectivity index (χ3n) is 5.08. The number of aryl methyl sites for hydroxylation is 1. The van der Waals surface area contributed by atoms with Crippen molar-refractivity contribution in [2.24, 2.45) is 5.73 Å². The molecule has 0 aliphatic rings. The Bertz CT molecular complexity index is 943. The highest BCUT2D eigenvalue weighted by atomic mass is 35.5. The molecular formula is C25H28ClNO4. The van der Waals surface area contributed by atoms with E-state index in [1.54, 1.807) is 6.07 Å². The van der Waals surface area contributed by atoms with Crippen molar-refractivity contribution in [3.8, 4) is 17.2 Å². The summed E-state index contributed by atoms with van der Waals surface area (Å²) in [4.78, 5) is 0. The summed E-state index contributed by atoms with van der Waals surface area (Å²) in [7, 11) is 0.